The van der Waals surface area contributed by atoms with E-state index in [9.17, 15) is 0 Å². The van der Waals surface area contributed by atoms with Crippen LogP contribution in [0.25, 0.3) is 0 Å². The van der Waals surface area contributed by atoms with Crippen LogP contribution in [-0.4, -0.2) is 0 Å². The van der Waals surface area contributed by atoms with Crippen LogP contribution in [0.5, 0.6) is 0 Å². The molecule has 0 amide bonds. The van der Waals surface area contributed by atoms with Gasteiger partial charge in [0.25, 0.3) is 0 Å². The maximum atomic E-state index is 2.43. The molecule has 25 heavy (non-hydrogen) atoms. The predicted molar refractivity (Wildman–Crippen MR) is 119 cm³/mol. The van der Waals surface area contributed by atoms with Crippen LogP contribution in [0, 0.1) is 35.5 Å². The molecule has 0 atom stereocenters. The third kappa shape index (κ3) is 10.0. The maximum Gasteiger partial charge on any atom is 0 e. The van der Waals surface area contributed by atoms with Gasteiger partial charge in [-0.15, -0.1) is 0 Å². The van der Waals surface area contributed by atoms with Crippen LogP contribution < -0.4 is 0 Å². The van der Waals surface area contributed by atoms with Gasteiger partial charge < -0.3 is 0 Å². The Morgan fingerprint density at radius 3 is 0.880 bits per heavy atom. The van der Waals surface area contributed by atoms with E-state index in [-0.39, 0.29) is 16.3 Å². The smallest absolute Gasteiger partial charge is 0 e. The largest absolute Gasteiger partial charge is 0.0776 e. The van der Waals surface area contributed by atoms with Crippen LogP contribution in [0.1, 0.15) is 127 Å². The van der Waals surface area contributed by atoms with Gasteiger partial charge in [0.05, 0.1) is 0 Å². The quantitative estimate of drug-likeness (QED) is 0.462. The molecule has 3 fully saturated rings. The fourth-order valence-corrected chi connectivity index (χ4v) is 5.03. The van der Waals surface area contributed by atoms with Gasteiger partial charge in [0.15, 0.2) is 0 Å². The second-order valence-electron chi connectivity index (χ2n) is 9.85. The van der Waals surface area contributed by atoms with Crippen molar-refractivity contribution in [3.63, 3.8) is 0 Å². The standard InChI is InChI=1S/C15H28.C8H16.2CH4.H2/c1-12-3-7-14(8-4-12)11-15-9-5-13(2)6-10-15;1-7-3-5-8(2)6-4-7;;;/h12-15H,3-11H2,1-2H3;7-8H,3-6H2,1-2H3;2*1H4;1H/i;;;;1+1. The minimum absolute atomic E-state index is 0. The molecule has 3 rings (SSSR count). The van der Waals surface area contributed by atoms with Gasteiger partial charge in [0.1, 0.15) is 0 Å². The SMILES string of the molecule is C.C.CC1CCC(C)CC1.CC1CCC(CC2CCC(C)CC2)CC1.[2HH]. The van der Waals surface area contributed by atoms with Crippen molar-refractivity contribution in [1.82, 2.24) is 0 Å². The molecule has 0 nitrogen and oxygen atoms in total. The normalized spacial score (nSPS) is 38.4. The second kappa shape index (κ2) is 13.2. The van der Waals surface area contributed by atoms with Crippen molar-refractivity contribution in [2.75, 3.05) is 0 Å². The summed E-state index contributed by atoms with van der Waals surface area (Å²) in [6.07, 6.45) is 19.6. The molecule has 0 aromatic rings. The minimum Gasteiger partial charge on any atom is -0.0776 e. The van der Waals surface area contributed by atoms with E-state index < -0.39 is 0 Å². The molecule has 3 aliphatic carbocycles. The summed E-state index contributed by atoms with van der Waals surface area (Å²) in [5, 5.41) is 0. The first-order chi connectivity index (χ1) is 11.0. The zero-order valence-corrected chi connectivity index (χ0v) is 16.7. The lowest BCUT2D eigenvalue weighted by atomic mass is 9.74. The lowest BCUT2D eigenvalue weighted by molar-refractivity contribution is 0.201. The zero-order chi connectivity index (χ0) is 16.7. The molecule has 0 aromatic carbocycles. The highest BCUT2D eigenvalue weighted by Gasteiger charge is 2.24. The number of rotatable bonds is 2. The van der Waals surface area contributed by atoms with Crippen LogP contribution in [0.3, 0.4) is 0 Å². The molecule has 154 valence electrons. The fraction of sp³-hybridized carbons (Fsp3) is 1.00. The summed E-state index contributed by atoms with van der Waals surface area (Å²) in [4.78, 5) is 0. The van der Waals surface area contributed by atoms with E-state index in [4.69, 9.17) is 0 Å². The molecule has 3 aliphatic rings. The highest BCUT2D eigenvalue weighted by Crippen LogP contribution is 2.38. The zero-order valence-electron chi connectivity index (χ0n) is 16.7. The highest BCUT2D eigenvalue weighted by atomic mass is 14.3. The molecule has 0 heterocycles. The second-order valence-corrected chi connectivity index (χ2v) is 9.85. The molecule has 0 aromatic heterocycles. The van der Waals surface area contributed by atoms with Gasteiger partial charge in [0.2, 0.25) is 0 Å². The van der Waals surface area contributed by atoms with E-state index in [1.165, 1.54) is 77.0 Å². The Kier molecular flexibility index (Phi) is 13.2. The summed E-state index contributed by atoms with van der Waals surface area (Å²) in [5.74, 6) is 6.27. The lowest BCUT2D eigenvalue weighted by Gasteiger charge is -2.32. The van der Waals surface area contributed by atoms with E-state index in [1.54, 1.807) is 6.42 Å². The predicted octanol–water partition coefficient (Wildman–Crippen LogP) is 9.38. The van der Waals surface area contributed by atoms with E-state index in [0.29, 0.717) is 0 Å². The molecule has 0 spiro atoms. The average molecular weight is 356 g/mol. The molecular weight excluding hydrogens is 300 g/mol. The summed E-state index contributed by atoms with van der Waals surface area (Å²) in [6.45, 7) is 9.59. The maximum absolute atomic E-state index is 2.43. The first-order valence-corrected chi connectivity index (χ1v) is 11.0. The van der Waals surface area contributed by atoms with E-state index in [2.05, 4.69) is 27.7 Å². The van der Waals surface area contributed by atoms with E-state index in [0.717, 1.165) is 35.5 Å². The van der Waals surface area contributed by atoms with Gasteiger partial charge in [0, 0.05) is 1.43 Å². The van der Waals surface area contributed by atoms with Crippen LogP contribution >= 0.6 is 0 Å². The Morgan fingerprint density at radius 2 is 0.640 bits per heavy atom. The molecule has 0 bridgehead atoms. The Hall–Kier alpha value is 0. The first kappa shape index (κ1) is 25.0. The third-order valence-corrected chi connectivity index (χ3v) is 7.24. The van der Waals surface area contributed by atoms with Gasteiger partial charge >= 0.3 is 0 Å². The van der Waals surface area contributed by atoms with Crippen LogP contribution in [-0.2, 0) is 0 Å². The van der Waals surface area contributed by atoms with E-state index >= 15 is 0 Å². The lowest BCUT2D eigenvalue weighted by Crippen LogP contribution is -2.19. The number of hydrogen-bond donors (Lipinski definition) is 0. The van der Waals surface area contributed by atoms with Crippen molar-refractivity contribution in [3.05, 3.63) is 0 Å². The fourth-order valence-electron chi connectivity index (χ4n) is 5.03. The van der Waals surface area contributed by atoms with Gasteiger partial charge in [-0.3, -0.25) is 0 Å². The summed E-state index contributed by atoms with van der Waals surface area (Å²) in [6, 6.07) is 0. The van der Waals surface area contributed by atoms with Crippen molar-refractivity contribution in [2.45, 2.75) is 126 Å². The molecule has 0 heteroatoms. The van der Waals surface area contributed by atoms with Crippen LogP contribution in [0.4, 0.5) is 0 Å². The molecule has 0 unspecified atom stereocenters. The average Bonchev–Trinajstić information content (AvgIpc) is 2.55. The van der Waals surface area contributed by atoms with Gasteiger partial charge in [-0.25, -0.2) is 0 Å². The third-order valence-electron chi connectivity index (χ3n) is 7.24. The van der Waals surface area contributed by atoms with Crippen molar-refractivity contribution in [2.24, 2.45) is 35.5 Å². The Bertz CT molecular complexity index is 259. The van der Waals surface area contributed by atoms with Gasteiger partial charge in [-0.05, 0) is 41.9 Å². The van der Waals surface area contributed by atoms with E-state index in [1.807, 2.05) is 0 Å². The molecule has 0 N–H and O–H groups in total. The van der Waals surface area contributed by atoms with Crippen molar-refractivity contribution >= 4 is 0 Å². The van der Waals surface area contributed by atoms with Crippen LogP contribution in [0.2, 0.25) is 0 Å². The van der Waals surface area contributed by atoms with Gasteiger partial charge in [-0.1, -0.05) is 120 Å². The first-order valence-electron chi connectivity index (χ1n) is 11.0. The summed E-state index contributed by atoms with van der Waals surface area (Å²) in [5.41, 5.74) is 0. The minimum atomic E-state index is 0. The molecule has 0 aliphatic heterocycles. The van der Waals surface area contributed by atoms with Crippen molar-refractivity contribution in [3.8, 4) is 0 Å². The molecule has 3 saturated carbocycles. The van der Waals surface area contributed by atoms with Crippen LogP contribution in [0.15, 0.2) is 0 Å². The van der Waals surface area contributed by atoms with Crippen molar-refractivity contribution < 1.29 is 1.43 Å². The topological polar surface area (TPSA) is 0 Å². The molecule has 0 saturated heterocycles. The number of hydrogen-bond acceptors (Lipinski definition) is 0. The molecule has 0 radical (unpaired) electrons. The van der Waals surface area contributed by atoms with Crippen molar-refractivity contribution in [1.29, 1.82) is 0 Å². The highest BCUT2D eigenvalue weighted by molar-refractivity contribution is 4.76. The monoisotopic (exact) mass is 355 g/mol. The summed E-state index contributed by atoms with van der Waals surface area (Å²) >= 11 is 0. The van der Waals surface area contributed by atoms with Gasteiger partial charge in [-0.2, -0.15) is 0 Å². The Morgan fingerprint density at radius 1 is 0.440 bits per heavy atom. The summed E-state index contributed by atoms with van der Waals surface area (Å²) < 4.78 is 0. The Labute approximate surface area is 163 Å². The molecular formula is C25H54. The Balaban J connectivity index is 0. The summed E-state index contributed by atoms with van der Waals surface area (Å²) in [7, 11) is 0.